The summed E-state index contributed by atoms with van der Waals surface area (Å²) in [5.74, 6) is -1.29. The van der Waals surface area contributed by atoms with E-state index in [2.05, 4.69) is 15.7 Å². The number of halogens is 5. The van der Waals surface area contributed by atoms with Crippen molar-refractivity contribution in [1.29, 1.82) is 0 Å². The number of anilines is 2. The van der Waals surface area contributed by atoms with Gasteiger partial charge in [-0.1, -0.05) is 17.7 Å². The molecule has 1 aliphatic rings. The van der Waals surface area contributed by atoms with Crippen LogP contribution >= 0.6 is 22.9 Å². The van der Waals surface area contributed by atoms with Gasteiger partial charge in [-0.15, -0.1) is 11.3 Å². The first-order chi connectivity index (χ1) is 13.7. The third-order valence-corrected chi connectivity index (χ3v) is 5.76. The molecule has 0 fully saturated rings. The van der Waals surface area contributed by atoms with Crippen molar-refractivity contribution < 1.29 is 22.4 Å². The third-order valence-electron chi connectivity index (χ3n) is 4.49. The summed E-state index contributed by atoms with van der Waals surface area (Å²) in [6.45, 7) is 0. The standard InChI is InChI=1S/C18H13ClF4N4OS/c19-10-6-9(3-4-11(10)20)24-17(28)13-8-16-25-12(14-2-1-5-29-14)7-15(18(21,22)23)27(16)26-13/h1-6,8,12,15,25H,7H2,(H,24,28). The highest BCUT2D eigenvalue weighted by molar-refractivity contribution is 7.10. The number of hydrogen-bond acceptors (Lipinski definition) is 4. The van der Waals surface area contributed by atoms with Crippen LogP contribution in [0, 0.1) is 5.82 Å². The summed E-state index contributed by atoms with van der Waals surface area (Å²) in [4.78, 5) is 13.2. The Kier molecular flexibility index (Phi) is 4.99. The van der Waals surface area contributed by atoms with Gasteiger partial charge in [-0.3, -0.25) is 4.79 Å². The molecule has 0 aliphatic carbocycles. The summed E-state index contributed by atoms with van der Waals surface area (Å²) in [7, 11) is 0. The van der Waals surface area contributed by atoms with Crippen molar-refractivity contribution >= 4 is 40.4 Å². The molecular weight excluding hydrogens is 432 g/mol. The molecule has 1 aromatic carbocycles. The van der Waals surface area contributed by atoms with Gasteiger partial charge in [0.15, 0.2) is 11.7 Å². The van der Waals surface area contributed by atoms with Crippen LogP contribution in [0.2, 0.25) is 5.02 Å². The van der Waals surface area contributed by atoms with E-state index >= 15 is 0 Å². The van der Waals surface area contributed by atoms with Crippen LogP contribution in [0.25, 0.3) is 0 Å². The van der Waals surface area contributed by atoms with E-state index in [0.717, 1.165) is 15.6 Å². The third kappa shape index (κ3) is 3.95. The van der Waals surface area contributed by atoms with Crippen LogP contribution in [0.5, 0.6) is 0 Å². The van der Waals surface area contributed by atoms with Crippen LogP contribution in [0.3, 0.4) is 0 Å². The molecule has 2 unspecified atom stereocenters. The molecule has 1 aliphatic heterocycles. The number of benzene rings is 1. The first kappa shape index (κ1) is 19.7. The van der Waals surface area contributed by atoms with Gasteiger partial charge in [0, 0.05) is 23.1 Å². The summed E-state index contributed by atoms with van der Waals surface area (Å²) in [5.41, 5.74) is -0.00167. The zero-order chi connectivity index (χ0) is 20.8. The Bertz CT molecular complexity index is 1050. The lowest BCUT2D eigenvalue weighted by Gasteiger charge is -2.32. The SMILES string of the molecule is O=C(Nc1ccc(F)c(Cl)c1)c1cc2n(n1)C(C(F)(F)F)CC(c1cccs1)N2. The summed E-state index contributed by atoms with van der Waals surface area (Å²) >= 11 is 7.03. The summed E-state index contributed by atoms with van der Waals surface area (Å²) < 4.78 is 55.0. The van der Waals surface area contributed by atoms with Crippen molar-refractivity contribution in [1.82, 2.24) is 9.78 Å². The number of carbonyl (C=O) groups excluding carboxylic acids is 1. The molecule has 1 amide bonds. The average molecular weight is 445 g/mol. The number of thiophene rings is 1. The van der Waals surface area contributed by atoms with Crippen molar-refractivity contribution in [2.45, 2.75) is 24.7 Å². The van der Waals surface area contributed by atoms with Crippen molar-refractivity contribution in [3.8, 4) is 0 Å². The summed E-state index contributed by atoms with van der Waals surface area (Å²) in [6.07, 6.45) is -4.77. The van der Waals surface area contributed by atoms with Gasteiger partial charge in [-0.25, -0.2) is 9.07 Å². The van der Waals surface area contributed by atoms with Crippen molar-refractivity contribution in [3.05, 3.63) is 63.2 Å². The van der Waals surface area contributed by atoms with Crippen molar-refractivity contribution in [2.75, 3.05) is 10.6 Å². The van der Waals surface area contributed by atoms with Gasteiger partial charge in [0.1, 0.15) is 11.6 Å². The van der Waals surface area contributed by atoms with Crippen LogP contribution in [0.4, 0.5) is 29.1 Å². The van der Waals surface area contributed by atoms with Gasteiger partial charge in [0.05, 0.1) is 11.1 Å². The molecule has 5 nitrogen and oxygen atoms in total. The molecular formula is C18H13ClF4N4OS. The Hall–Kier alpha value is -2.59. The van der Waals surface area contributed by atoms with E-state index in [-0.39, 0.29) is 28.6 Å². The van der Waals surface area contributed by atoms with Crippen molar-refractivity contribution in [3.63, 3.8) is 0 Å². The Morgan fingerprint density at radius 1 is 1.31 bits per heavy atom. The maximum atomic E-state index is 13.6. The number of nitrogens with one attached hydrogen (secondary N) is 2. The van der Waals surface area contributed by atoms with Gasteiger partial charge in [-0.2, -0.15) is 18.3 Å². The normalized spacial score (nSPS) is 18.8. The maximum absolute atomic E-state index is 13.6. The average Bonchev–Trinajstić information content (AvgIpc) is 3.32. The number of aromatic nitrogens is 2. The summed E-state index contributed by atoms with van der Waals surface area (Å²) in [5, 5.41) is 10.9. The number of fused-ring (bicyclic) bond motifs is 1. The largest absolute Gasteiger partial charge is 0.410 e. The Morgan fingerprint density at radius 2 is 2.10 bits per heavy atom. The molecule has 2 N–H and O–H groups in total. The zero-order valence-corrected chi connectivity index (χ0v) is 16.1. The van der Waals surface area contributed by atoms with E-state index in [0.29, 0.717) is 0 Å². The second-order valence-corrected chi connectivity index (χ2v) is 7.83. The first-order valence-corrected chi connectivity index (χ1v) is 9.71. The molecule has 3 heterocycles. The number of nitrogens with zero attached hydrogens (tertiary/aromatic N) is 2. The van der Waals surface area contributed by atoms with Crippen LogP contribution in [-0.4, -0.2) is 21.9 Å². The molecule has 0 saturated carbocycles. The number of hydrogen-bond donors (Lipinski definition) is 2. The van der Waals surface area contributed by atoms with Gasteiger partial charge >= 0.3 is 6.18 Å². The van der Waals surface area contributed by atoms with E-state index < -0.39 is 30.0 Å². The molecule has 2 atom stereocenters. The highest BCUT2D eigenvalue weighted by Gasteiger charge is 2.47. The van der Waals surface area contributed by atoms with Gasteiger partial charge in [0.25, 0.3) is 5.91 Å². The second-order valence-electron chi connectivity index (χ2n) is 6.45. The Morgan fingerprint density at radius 3 is 2.76 bits per heavy atom. The van der Waals surface area contributed by atoms with Gasteiger partial charge < -0.3 is 10.6 Å². The highest BCUT2D eigenvalue weighted by Crippen LogP contribution is 2.44. The fourth-order valence-corrected chi connectivity index (χ4v) is 4.10. The van der Waals surface area contributed by atoms with Crippen LogP contribution in [-0.2, 0) is 0 Å². The number of carbonyl (C=O) groups is 1. The topological polar surface area (TPSA) is 59.0 Å². The van der Waals surface area contributed by atoms with Crippen LogP contribution < -0.4 is 10.6 Å². The van der Waals surface area contributed by atoms with Crippen LogP contribution in [0.1, 0.15) is 33.9 Å². The molecule has 3 aromatic rings. The number of rotatable bonds is 3. The first-order valence-electron chi connectivity index (χ1n) is 8.45. The predicted octanol–water partition coefficient (Wildman–Crippen LogP) is 5.65. The lowest BCUT2D eigenvalue weighted by Crippen LogP contribution is -2.35. The smallest absolute Gasteiger partial charge is 0.363 e. The summed E-state index contributed by atoms with van der Waals surface area (Å²) in [6, 6.07) is 5.94. The van der Waals surface area contributed by atoms with E-state index in [4.69, 9.17) is 11.6 Å². The predicted molar refractivity (Wildman–Crippen MR) is 102 cm³/mol. The molecule has 2 aromatic heterocycles. The maximum Gasteiger partial charge on any atom is 0.410 e. The number of alkyl halides is 3. The second kappa shape index (κ2) is 7.34. The van der Waals surface area contributed by atoms with E-state index in [1.807, 2.05) is 0 Å². The fraction of sp³-hybridized carbons (Fsp3) is 0.222. The minimum atomic E-state index is -4.53. The Labute approximate surface area is 171 Å². The Balaban J connectivity index is 1.63. The molecule has 0 radical (unpaired) electrons. The fourth-order valence-electron chi connectivity index (χ4n) is 3.13. The molecule has 29 heavy (non-hydrogen) atoms. The monoisotopic (exact) mass is 444 g/mol. The van der Waals surface area contributed by atoms with E-state index in [1.165, 1.54) is 29.5 Å². The minimum Gasteiger partial charge on any atom is -0.363 e. The molecule has 4 rings (SSSR count). The molecule has 0 spiro atoms. The lowest BCUT2D eigenvalue weighted by atomic mass is 10.0. The van der Waals surface area contributed by atoms with E-state index in [9.17, 15) is 22.4 Å². The van der Waals surface area contributed by atoms with Gasteiger partial charge in [0.2, 0.25) is 0 Å². The highest BCUT2D eigenvalue weighted by atomic mass is 35.5. The van der Waals surface area contributed by atoms with Crippen molar-refractivity contribution in [2.24, 2.45) is 0 Å². The van der Waals surface area contributed by atoms with Gasteiger partial charge in [-0.05, 0) is 29.6 Å². The molecule has 152 valence electrons. The van der Waals surface area contributed by atoms with E-state index in [1.54, 1.807) is 17.5 Å². The zero-order valence-electron chi connectivity index (χ0n) is 14.5. The quantitative estimate of drug-likeness (QED) is 0.513. The molecule has 0 saturated heterocycles. The molecule has 11 heteroatoms. The number of amides is 1. The minimum absolute atomic E-state index is 0.0965. The molecule has 0 bridgehead atoms. The van der Waals surface area contributed by atoms with Crippen LogP contribution in [0.15, 0.2) is 41.8 Å². The lowest BCUT2D eigenvalue weighted by molar-refractivity contribution is -0.173.